The molecule has 12 N–H and O–H groups in total. The fourth-order valence-corrected chi connectivity index (χ4v) is 13.1. The van der Waals surface area contributed by atoms with Crippen molar-refractivity contribution in [2.75, 3.05) is 13.1 Å². The molecule has 372 valence electrons. The van der Waals surface area contributed by atoms with Gasteiger partial charge in [-0.2, -0.15) is 0 Å². The van der Waals surface area contributed by atoms with Crippen LogP contribution in [-0.2, 0) is 35.2 Å². The molecule has 4 saturated carbocycles. The highest BCUT2D eigenvalue weighted by molar-refractivity contribution is 5.97. The summed E-state index contributed by atoms with van der Waals surface area (Å²) in [6.07, 6.45) is 15.2. The van der Waals surface area contributed by atoms with Gasteiger partial charge in [0.1, 0.15) is 18.1 Å². The number of benzene rings is 1. The number of aliphatic hydroxyl groups is 1. The van der Waals surface area contributed by atoms with Crippen LogP contribution in [0.4, 0.5) is 0 Å². The molecule has 4 unspecified atom stereocenters. The Hall–Kier alpha value is -5.23. The van der Waals surface area contributed by atoms with Crippen LogP contribution in [0, 0.1) is 17.8 Å². The summed E-state index contributed by atoms with van der Waals surface area (Å²) in [7, 11) is 0. The van der Waals surface area contributed by atoms with E-state index in [0.29, 0.717) is 51.0 Å². The minimum Gasteiger partial charge on any atom is -0.391 e. The van der Waals surface area contributed by atoms with E-state index in [-0.39, 0.29) is 43.0 Å². The summed E-state index contributed by atoms with van der Waals surface area (Å²) < 4.78 is 0. The molecule has 68 heavy (non-hydrogen) atoms. The van der Waals surface area contributed by atoms with E-state index < -0.39 is 77.1 Å². The molecule has 2 aliphatic heterocycles. The molecule has 1 aromatic heterocycles. The summed E-state index contributed by atoms with van der Waals surface area (Å²) in [6.45, 7) is 1.93. The molecule has 4 aliphatic carbocycles. The van der Waals surface area contributed by atoms with E-state index in [2.05, 4.69) is 41.9 Å². The van der Waals surface area contributed by atoms with E-state index in [9.17, 15) is 29.1 Å². The fourth-order valence-electron chi connectivity index (χ4n) is 13.1. The first-order chi connectivity index (χ1) is 32.7. The Morgan fingerprint density at radius 3 is 2.18 bits per heavy atom. The molecule has 6 fully saturated rings. The summed E-state index contributed by atoms with van der Waals surface area (Å²) >= 11 is 0. The molecule has 1 aromatic carbocycles. The van der Waals surface area contributed by atoms with Crippen LogP contribution in [0.1, 0.15) is 141 Å². The number of carbonyl (C=O) groups excluding carboxylic acids is 6. The highest BCUT2D eigenvalue weighted by Gasteiger charge is 2.63. The zero-order valence-corrected chi connectivity index (χ0v) is 39.8. The number of aromatic nitrogens is 1. The first kappa shape index (κ1) is 49.2. The number of carbonyl (C=O) groups is 6. The van der Waals surface area contributed by atoms with Gasteiger partial charge in [-0.25, -0.2) is 4.99 Å². The number of rotatable bonds is 10. The third-order valence-corrected chi connectivity index (χ3v) is 16.3. The van der Waals surface area contributed by atoms with E-state index in [1.54, 1.807) is 11.1 Å². The Morgan fingerprint density at radius 1 is 0.779 bits per heavy atom. The first-order valence-corrected chi connectivity index (χ1v) is 25.6. The summed E-state index contributed by atoms with van der Waals surface area (Å²) in [5.41, 5.74) is 11.7. The normalized spacial score (nSPS) is 32.8. The van der Waals surface area contributed by atoms with Crippen molar-refractivity contribution in [1.29, 1.82) is 0 Å². The molecule has 2 aromatic rings. The summed E-state index contributed by atoms with van der Waals surface area (Å²) in [4.78, 5) is 94.6. The van der Waals surface area contributed by atoms with Crippen LogP contribution in [0.15, 0.2) is 35.5 Å². The van der Waals surface area contributed by atoms with Crippen molar-refractivity contribution in [2.24, 2.45) is 34.2 Å². The van der Waals surface area contributed by atoms with E-state index in [1.807, 2.05) is 24.3 Å². The number of hydrogen-bond acceptors (Lipinski definition) is 9. The highest BCUT2D eigenvalue weighted by Crippen LogP contribution is 2.54. The molecule has 0 radical (unpaired) electrons. The van der Waals surface area contributed by atoms with Crippen molar-refractivity contribution < 1.29 is 33.9 Å². The summed E-state index contributed by atoms with van der Waals surface area (Å²) in [5.74, 6) is -2.86. The van der Waals surface area contributed by atoms with Crippen molar-refractivity contribution >= 4 is 52.3 Å². The van der Waals surface area contributed by atoms with Crippen molar-refractivity contribution in [1.82, 2.24) is 41.8 Å². The van der Waals surface area contributed by atoms with Gasteiger partial charge in [0, 0.05) is 60.5 Å². The lowest BCUT2D eigenvalue weighted by Crippen LogP contribution is -2.63. The van der Waals surface area contributed by atoms with E-state index in [4.69, 9.17) is 11.5 Å². The Kier molecular flexibility index (Phi) is 15.6. The minimum absolute atomic E-state index is 0.0462. The Bertz CT molecular complexity index is 2180. The molecule has 3 heterocycles. The zero-order valence-electron chi connectivity index (χ0n) is 39.8. The Morgan fingerprint density at radius 2 is 1.46 bits per heavy atom. The number of nitrogens with one attached hydrogen (secondary N) is 7. The van der Waals surface area contributed by atoms with Crippen LogP contribution >= 0.6 is 0 Å². The van der Waals surface area contributed by atoms with Crippen molar-refractivity contribution in [3.05, 3.63) is 36.0 Å². The molecular formula is C50H75N11O7. The highest BCUT2D eigenvalue weighted by atomic mass is 16.3. The van der Waals surface area contributed by atoms with Crippen molar-refractivity contribution in [2.45, 2.75) is 189 Å². The number of aliphatic imine (C=N–C) groups is 1. The van der Waals surface area contributed by atoms with Gasteiger partial charge in [0.15, 0.2) is 5.96 Å². The topological polar surface area (TPSA) is 278 Å². The Balaban J connectivity index is 1.10. The van der Waals surface area contributed by atoms with E-state index in [1.165, 1.54) is 13.3 Å². The number of fused-ring (bicyclic) bond motifs is 4. The lowest BCUT2D eigenvalue weighted by Gasteiger charge is -2.43. The molecule has 6 amide bonds. The molecular weight excluding hydrogens is 867 g/mol. The number of para-hydroxylation sites is 1. The second-order valence-corrected chi connectivity index (χ2v) is 21.0. The van der Waals surface area contributed by atoms with E-state index in [0.717, 1.165) is 93.5 Å². The number of H-pyrrole nitrogens is 1. The SMILES string of the molecule is CC(=O)NC12CCCC(N[C@H]3CCCNC(=O)C(N=C(N)N)NC(=O)[C@H](Cc4c[nH]c5ccccc45)NC(=O)[C@@H](CC4CCCCC4)NC(=O)[C@@H]4CCCN4C3=O)(C1)C(O)[C@H]2CC1CCCCC1. The van der Waals surface area contributed by atoms with Gasteiger partial charge in [0.2, 0.25) is 35.7 Å². The third-order valence-electron chi connectivity index (χ3n) is 16.3. The number of hydrogen-bond donors (Lipinski definition) is 10. The minimum atomic E-state index is -1.55. The van der Waals surface area contributed by atoms with Gasteiger partial charge in [-0.15, -0.1) is 0 Å². The smallest absolute Gasteiger partial charge is 0.265 e. The molecule has 18 heteroatoms. The van der Waals surface area contributed by atoms with Crippen LogP contribution in [0.5, 0.6) is 0 Å². The fraction of sp³-hybridized carbons (Fsp3) is 0.700. The van der Waals surface area contributed by atoms with Crippen LogP contribution in [0.2, 0.25) is 0 Å². The second kappa shape index (κ2) is 21.6. The molecule has 6 aliphatic rings. The number of amides is 6. The molecule has 8 rings (SSSR count). The monoisotopic (exact) mass is 942 g/mol. The number of aromatic amines is 1. The molecule has 9 atom stereocenters. The van der Waals surface area contributed by atoms with E-state index >= 15 is 4.79 Å². The first-order valence-electron chi connectivity index (χ1n) is 25.6. The van der Waals surface area contributed by atoms with Gasteiger partial charge in [-0.1, -0.05) is 82.4 Å². The molecule has 2 bridgehead atoms. The van der Waals surface area contributed by atoms with Gasteiger partial charge in [0.25, 0.3) is 5.91 Å². The average Bonchev–Trinajstić information content (AvgIpc) is 4.01. The zero-order chi connectivity index (χ0) is 48.0. The summed E-state index contributed by atoms with van der Waals surface area (Å²) in [5, 5.41) is 32.0. The van der Waals surface area contributed by atoms with Crippen LogP contribution < -0.4 is 43.4 Å². The summed E-state index contributed by atoms with van der Waals surface area (Å²) in [6, 6.07) is 3.65. The number of nitrogens with two attached hydrogens (primary N) is 2. The quantitative estimate of drug-likeness (QED) is 0.123. The number of nitrogens with zero attached hydrogens (tertiary/aromatic N) is 2. The van der Waals surface area contributed by atoms with Crippen LogP contribution in [-0.4, -0.2) is 117 Å². The van der Waals surface area contributed by atoms with Crippen LogP contribution in [0.3, 0.4) is 0 Å². The number of aliphatic hydroxyl groups excluding tert-OH is 1. The molecule has 0 spiro atoms. The van der Waals surface area contributed by atoms with Gasteiger partial charge in [-0.05, 0) is 87.7 Å². The maximum atomic E-state index is 15.2. The van der Waals surface area contributed by atoms with Gasteiger partial charge in [0.05, 0.1) is 12.1 Å². The molecule has 18 nitrogen and oxygen atoms in total. The van der Waals surface area contributed by atoms with Crippen molar-refractivity contribution in [3.63, 3.8) is 0 Å². The van der Waals surface area contributed by atoms with Crippen LogP contribution in [0.25, 0.3) is 10.9 Å². The lowest BCUT2D eigenvalue weighted by molar-refractivity contribution is -0.142. The Labute approximate surface area is 399 Å². The second-order valence-electron chi connectivity index (χ2n) is 21.0. The van der Waals surface area contributed by atoms with Gasteiger partial charge in [-0.3, -0.25) is 34.1 Å². The predicted molar refractivity (Wildman–Crippen MR) is 257 cm³/mol. The standard InChI is InChI=1S/C50H75N11O7/c1-30(62)59-49-21-12-22-50(29-49,41(63)35(49)25-31-13-4-2-5-14-31)60-37-19-10-23-53-46(67)42(58-48(51)52)57-44(65)39(27-33-28-54-36-18-9-8-17-34(33)36)55-43(64)38(26-32-15-6-3-7-16-32)56-45(66)40-20-11-24-61(40)47(37)68/h8-9,17-18,28,31-32,35,37-42,54,60,63H,2-7,10-16,19-27,29H2,1H3,(H,53,67)(H,55,64)(H,56,66)(H,57,65)(H,59,62)(H4,51,52,58)/t35-,37+,38-,39+,40+,41?,42?,49?,50?/m1/s1. The maximum absolute atomic E-state index is 15.2. The largest absolute Gasteiger partial charge is 0.391 e. The maximum Gasteiger partial charge on any atom is 0.265 e. The third kappa shape index (κ3) is 11.1. The van der Waals surface area contributed by atoms with Gasteiger partial charge >= 0.3 is 0 Å². The van der Waals surface area contributed by atoms with Gasteiger partial charge < -0.3 is 53.0 Å². The predicted octanol–water partition coefficient (Wildman–Crippen LogP) is 2.37. The molecule has 2 saturated heterocycles. The lowest BCUT2D eigenvalue weighted by atomic mass is 9.73. The number of guanidine groups is 1. The van der Waals surface area contributed by atoms with Crippen molar-refractivity contribution in [3.8, 4) is 0 Å². The average molecular weight is 942 g/mol.